The highest BCUT2D eigenvalue weighted by Gasteiger charge is 2.54. The van der Waals surface area contributed by atoms with E-state index in [0.29, 0.717) is 7.92 Å². The van der Waals surface area contributed by atoms with E-state index in [-0.39, 0.29) is 0 Å². The molecule has 2 heterocycles. The van der Waals surface area contributed by atoms with Gasteiger partial charge in [0.25, 0.3) is 0 Å². The summed E-state index contributed by atoms with van der Waals surface area (Å²) in [7, 11) is 0.513. The summed E-state index contributed by atoms with van der Waals surface area (Å²) < 4.78 is 0. The highest BCUT2D eigenvalue weighted by molar-refractivity contribution is 7.62. The van der Waals surface area contributed by atoms with Gasteiger partial charge < -0.3 is 0 Å². The van der Waals surface area contributed by atoms with Crippen LogP contribution >= 0.6 is 7.92 Å². The maximum absolute atomic E-state index is 2.51. The van der Waals surface area contributed by atoms with Crippen LogP contribution in [0.1, 0.15) is 39.5 Å². The molecule has 6 unspecified atom stereocenters. The van der Waals surface area contributed by atoms with Crippen molar-refractivity contribution >= 4 is 7.92 Å². The van der Waals surface area contributed by atoms with Crippen LogP contribution in [0, 0.1) is 11.8 Å². The second-order valence-electron chi connectivity index (χ2n) is 5.23. The molecule has 0 spiro atoms. The van der Waals surface area contributed by atoms with E-state index in [2.05, 4.69) is 13.8 Å². The molecular formula is C11H19P. The second kappa shape index (κ2) is 2.47. The summed E-state index contributed by atoms with van der Waals surface area (Å²) in [6, 6.07) is 0. The predicted molar refractivity (Wildman–Crippen MR) is 55.1 cm³/mol. The first-order valence-corrected chi connectivity index (χ1v) is 7.09. The van der Waals surface area contributed by atoms with Crippen LogP contribution in [-0.2, 0) is 0 Å². The Morgan fingerprint density at radius 2 is 1.92 bits per heavy atom. The Bertz CT molecular complexity index is 201. The molecule has 3 rings (SSSR count). The SMILES string of the molecule is CC1CCC2CC3CC(C)P3C12. The van der Waals surface area contributed by atoms with Crippen LogP contribution in [0.5, 0.6) is 0 Å². The van der Waals surface area contributed by atoms with Crippen LogP contribution in [0.2, 0.25) is 0 Å². The molecule has 2 saturated heterocycles. The van der Waals surface area contributed by atoms with Gasteiger partial charge in [-0.05, 0) is 54.5 Å². The molecule has 12 heavy (non-hydrogen) atoms. The first kappa shape index (κ1) is 7.80. The number of hydrogen-bond donors (Lipinski definition) is 0. The quantitative estimate of drug-likeness (QED) is 0.503. The van der Waals surface area contributed by atoms with Crippen LogP contribution in [-0.4, -0.2) is 17.0 Å². The van der Waals surface area contributed by atoms with Crippen molar-refractivity contribution in [2.24, 2.45) is 11.8 Å². The summed E-state index contributed by atoms with van der Waals surface area (Å²) in [5, 5.41) is 0. The van der Waals surface area contributed by atoms with Gasteiger partial charge in [-0.25, -0.2) is 0 Å². The normalized spacial score (nSPS) is 62.5. The van der Waals surface area contributed by atoms with Crippen LogP contribution in [0.3, 0.4) is 0 Å². The molecule has 0 bridgehead atoms. The zero-order chi connectivity index (χ0) is 8.29. The van der Waals surface area contributed by atoms with Crippen molar-refractivity contribution in [2.45, 2.75) is 56.5 Å². The van der Waals surface area contributed by atoms with E-state index in [1.165, 1.54) is 17.2 Å². The standard InChI is InChI=1S/C11H19P/c1-7-3-4-9-6-10-5-8(2)12(10)11(7)9/h7-11H,3-6H2,1-2H3. The van der Waals surface area contributed by atoms with Crippen molar-refractivity contribution in [1.29, 1.82) is 0 Å². The van der Waals surface area contributed by atoms with Crippen molar-refractivity contribution in [1.82, 2.24) is 0 Å². The molecule has 0 nitrogen and oxygen atoms in total. The van der Waals surface area contributed by atoms with Gasteiger partial charge in [-0.15, -0.1) is 0 Å². The minimum absolute atomic E-state index is 0.513. The summed E-state index contributed by atoms with van der Waals surface area (Å²) in [5.74, 6) is 2.27. The molecule has 1 saturated carbocycles. The summed E-state index contributed by atoms with van der Waals surface area (Å²) in [6.07, 6.45) is 6.35. The predicted octanol–water partition coefficient (Wildman–Crippen LogP) is 3.45. The second-order valence-corrected chi connectivity index (χ2v) is 8.33. The Kier molecular flexibility index (Phi) is 1.61. The Hall–Kier alpha value is 0.430. The maximum atomic E-state index is 2.51. The molecule has 3 fully saturated rings. The molecule has 2 aliphatic heterocycles. The molecular weight excluding hydrogens is 163 g/mol. The van der Waals surface area contributed by atoms with E-state index in [1.807, 2.05) is 0 Å². The average Bonchev–Trinajstić information content (AvgIpc) is 2.48. The van der Waals surface area contributed by atoms with Gasteiger partial charge >= 0.3 is 0 Å². The average molecular weight is 182 g/mol. The monoisotopic (exact) mass is 182 g/mol. The van der Waals surface area contributed by atoms with Gasteiger partial charge in [0.05, 0.1) is 0 Å². The molecule has 6 atom stereocenters. The Labute approximate surface area is 76.9 Å². The van der Waals surface area contributed by atoms with E-state index in [9.17, 15) is 0 Å². The fourth-order valence-electron chi connectivity index (χ4n) is 4.04. The lowest BCUT2D eigenvalue weighted by molar-refractivity contribution is 0.513. The van der Waals surface area contributed by atoms with E-state index in [1.54, 1.807) is 25.7 Å². The van der Waals surface area contributed by atoms with Gasteiger partial charge in [0.1, 0.15) is 0 Å². The third-order valence-corrected chi connectivity index (χ3v) is 8.63. The minimum Gasteiger partial charge on any atom is -0.0968 e. The van der Waals surface area contributed by atoms with Gasteiger partial charge in [0, 0.05) is 0 Å². The summed E-state index contributed by atoms with van der Waals surface area (Å²) in [4.78, 5) is 0. The van der Waals surface area contributed by atoms with Gasteiger partial charge in [-0.2, -0.15) is 0 Å². The first-order valence-electron chi connectivity index (χ1n) is 5.55. The Morgan fingerprint density at radius 1 is 1.08 bits per heavy atom. The van der Waals surface area contributed by atoms with Crippen molar-refractivity contribution in [3.05, 3.63) is 0 Å². The molecule has 1 aliphatic carbocycles. The van der Waals surface area contributed by atoms with E-state index < -0.39 is 0 Å². The highest BCUT2D eigenvalue weighted by atomic mass is 31.1. The Morgan fingerprint density at radius 3 is 2.67 bits per heavy atom. The fraction of sp³-hybridized carbons (Fsp3) is 1.00. The van der Waals surface area contributed by atoms with Crippen molar-refractivity contribution in [3.63, 3.8) is 0 Å². The van der Waals surface area contributed by atoms with Gasteiger partial charge in [-0.3, -0.25) is 0 Å². The minimum atomic E-state index is 0.513. The van der Waals surface area contributed by atoms with E-state index in [0.717, 1.165) is 11.6 Å². The number of rotatable bonds is 0. The third-order valence-electron chi connectivity index (χ3n) is 4.52. The molecule has 3 aliphatic rings. The molecule has 1 heteroatoms. The van der Waals surface area contributed by atoms with Crippen molar-refractivity contribution in [3.8, 4) is 0 Å². The summed E-state index contributed by atoms with van der Waals surface area (Å²) in [6.45, 7) is 5.02. The number of hydrogen-bond acceptors (Lipinski definition) is 0. The molecule has 0 aromatic carbocycles. The van der Waals surface area contributed by atoms with Crippen LogP contribution < -0.4 is 0 Å². The molecule has 0 N–H and O–H groups in total. The maximum Gasteiger partial charge on any atom is -0.0150 e. The Balaban J connectivity index is 1.85. The van der Waals surface area contributed by atoms with Gasteiger partial charge in [0.15, 0.2) is 0 Å². The van der Waals surface area contributed by atoms with Gasteiger partial charge in [0.2, 0.25) is 0 Å². The lowest BCUT2D eigenvalue weighted by Gasteiger charge is -2.43. The summed E-state index contributed by atoms with van der Waals surface area (Å²) in [5.41, 5.74) is 3.59. The molecule has 0 aromatic rings. The molecule has 68 valence electrons. The van der Waals surface area contributed by atoms with Crippen LogP contribution in [0.15, 0.2) is 0 Å². The van der Waals surface area contributed by atoms with Crippen molar-refractivity contribution in [2.75, 3.05) is 0 Å². The molecule has 0 amide bonds. The lowest BCUT2D eigenvalue weighted by atomic mass is 9.99. The first-order chi connectivity index (χ1) is 5.77. The highest BCUT2D eigenvalue weighted by Crippen LogP contribution is 2.74. The fourth-order valence-corrected chi connectivity index (χ4v) is 8.51. The van der Waals surface area contributed by atoms with E-state index >= 15 is 0 Å². The van der Waals surface area contributed by atoms with Crippen LogP contribution in [0.25, 0.3) is 0 Å². The smallest absolute Gasteiger partial charge is 0.0150 e. The largest absolute Gasteiger partial charge is 0.0968 e. The zero-order valence-electron chi connectivity index (χ0n) is 8.16. The summed E-state index contributed by atoms with van der Waals surface area (Å²) >= 11 is 0. The van der Waals surface area contributed by atoms with Crippen LogP contribution in [0.4, 0.5) is 0 Å². The molecule has 0 aromatic heterocycles. The van der Waals surface area contributed by atoms with Gasteiger partial charge in [-0.1, -0.05) is 21.8 Å². The number of fused-ring (bicyclic) bond motifs is 3. The van der Waals surface area contributed by atoms with E-state index in [4.69, 9.17) is 0 Å². The third kappa shape index (κ3) is 0.830. The zero-order valence-corrected chi connectivity index (χ0v) is 9.06. The lowest BCUT2D eigenvalue weighted by Crippen LogP contribution is -2.28. The van der Waals surface area contributed by atoms with Crippen molar-refractivity contribution < 1.29 is 0 Å². The molecule has 0 radical (unpaired) electrons. The topological polar surface area (TPSA) is 0 Å².